The molecule has 1 rings (SSSR count). The molecule has 2 unspecified atom stereocenters. The highest BCUT2D eigenvalue weighted by Gasteiger charge is 2.28. The molecule has 1 nitrogen and oxygen atoms in total. The molecule has 2 atom stereocenters. The third kappa shape index (κ3) is 2.89. The summed E-state index contributed by atoms with van der Waals surface area (Å²) in [5.74, 6) is 7.09. The van der Waals surface area contributed by atoms with Crippen LogP contribution in [-0.2, 0) is 0 Å². The second-order valence-corrected chi connectivity index (χ2v) is 4.51. The van der Waals surface area contributed by atoms with Gasteiger partial charge in [-0.25, -0.2) is 0 Å². The molecule has 1 N–H and O–H groups in total. The van der Waals surface area contributed by atoms with Gasteiger partial charge in [0.1, 0.15) is 0 Å². The molecule has 0 aromatic heterocycles. The smallest absolute Gasteiger partial charge is 0.0936 e. The van der Waals surface area contributed by atoms with E-state index < -0.39 is 5.60 Å². The maximum Gasteiger partial charge on any atom is 0.0936 e. The summed E-state index contributed by atoms with van der Waals surface area (Å²) in [4.78, 5) is 0. The van der Waals surface area contributed by atoms with Crippen molar-refractivity contribution in [2.75, 3.05) is 0 Å². The average Bonchev–Trinajstić information content (AvgIpc) is 2.16. The van der Waals surface area contributed by atoms with E-state index in [0.717, 1.165) is 12.8 Å². The largest absolute Gasteiger partial charge is 0.385 e. The van der Waals surface area contributed by atoms with Gasteiger partial charge < -0.3 is 5.11 Å². The zero-order chi connectivity index (χ0) is 10.6. The van der Waals surface area contributed by atoms with E-state index in [1.165, 1.54) is 0 Å². The van der Waals surface area contributed by atoms with Gasteiger partial charge in [-0.05, 0) is 31.6 Å². The minimum Gasteiger partial charge on any atom is -0.385 e. The van der Waals surface area contributed by atoms with Crippen molar-refractivity contribution in [3.63, 3.8) is 0 Å². The fraction of sp³-hybridized carbons (Fsp3) is 0.692. The molecule has 0 aliphatic heterocycles. The van der Waals surface area contributed by atoms with Crippen LogP contribution in [0.4, 0.5) is 0 Å². The van der Waals surface area contributed by atoms with Gasteiger partial charge in [0.25, 0.3) is 0 Å². The van der Waals surface area contributed by atoms with Crippen LogP contribution in [0.25, 0.3) is 0 Å². The molecule has 0 amide bonds. The molecular weight excluding hydrogens is 172 g/mol. The Morgan fingerprint density at radius 2 is 2.29 bits per heavy atom. The topological polar surface area (TPSA) is 20.2 Å². The van der Waals surface area contributed by atoms with Gasteiger partial charge in [-0.15, -0.1) is 11.8 Å². The Morgan fingerprint density at radius 3 is 2.71 bits per heavy atom. The Kier molecular flexibility index (Phi) is 3.77. The van der Waals surface area contributed by atoms with Gasteiger partial charge in [-0.1, -0.05) is 26.0 Å². The monoisotopic (exact) mass is 192 g/mol. The van der Waals surface area contributed by atoms with Crippen LogP contribution < -0.4 is 0 Å². The summed E-state index contributed by atoms with van der Waals surface area (Å²) in [6, 6.07) is 0. The lowest BCUT2D eigenvalue weighted by atomic mass is 9.79. The molecule has 0 aromatic rings. The van der Waals surface area contributed by atoms with E-state index in [0.29, 0.717) is 18.3 Å². The van der Waals surface area contributed by atoms with Crippen molar-refractivity contribution >= 4 is 0 Å². The fourth-order valence-electron chi connectivity index (χ4n) is 1.84. The normalized spacial score (nSPS) is 31.4. The van der Waals surface area contributed by atoms with E-state index in [4.69, 9.17) is 0 Å². The number of rotatable bonds is 2. The summed E-state index contributed by atoms with van der Waals surface area (Å²) in [6.07, 6.45) is 6.61. The lowest BCUT2D eigenvalue weighted by Gasteiger charge is -2.31. The Morgan fingerprint density at radius 1 is 1.57 bits per heavy atom. The number of aliphatic hydroxyl groups is 1. The summed E-state index contributed by atoms with van der Waals surface area (Å²) in [5.41, 5.74) is -0.658. The first-order valence-corrected chi connectivity index (χ1v) is 5.39. The zero-order valence-electron chi connectivity index (χ0n) is 9.38. The standard InChI is InChI=1S/C13H20O/c1-4-5-8-13(14)9-6-12(7-10-13)11(2)3/h6,9,11-12,14H,7-8,10H2,1-3H3. The highest BCUT2D eigenvalue weighted by atomic mass is 16.3. The molecule has 0 radical (unpaired) electrons. The van der Waals surface area contributed by atoms with E-state index in [1.54, 1.807) is 0 Å². The van der Waals surface area contributed by atoms with Crippen molar-refractivity contribution < 1.29 is 5.11 Å². The molecule has 1 heteroatoms. The van der Waals surface area contributed by atoms with Crippen LogP contribution in [0.1, 0.15) is 40.0 Å². The molecule has 78 valence electrons. The van der Waals surface area contributed by atoms with E-state index >= 15 is 0 Å². The van der Waals surface area contributed by atoms with Gasteiger partial charge in [0.05, 0.1) is 5.60 Å². The molecule has 1 aliphatic carbocycles. The van der Waals surface area contributed by atoms with Crippen LogP contribution in [0.15, 0.2) is 12.2 Å². The van der Waals surface area contributed by atoms with Gasteiger partial charge in [0.2, 0.25) is 0 Å². The van der Waals surface area contributed by atoms with Gasteiger partial charge in [0.15, 0.2) is 0 Å². The van der Waals surface area contributed by atoms with Crippen LogP contribution in [-0.4, -0.2) is 10.7 Å². The summed E-state index contributed by atoms with van der Waals surface area (Å²) in [6.45, 7) is 6.27. The predicted molar refractivity (Wildman–Crippen MR) is 59.7 cm³/mol. The maximum atomic E-state index is 10.1. The van der Waals surface area contributed by atoms with E-state index in [9.17, 15) is 5.11 Å². The van der Waals surface area contributed by atoms with E-state index in [2.05, 4.69) is 31.8 Å². The van der Waals surface area contributed by atoms with Crippen molar-refractivity contribution in [3.05, 3.63) is 12.2 Å². The minimum absolute atomic E-state index is 0.574. The molecular formula is C13H20O. The van der Waals surface area contributed by atoms with Crippen molar-refractivity contribution in [3.8, 4) is 11.8 Å². The van der Waals surface area contributed by atoms with Gasteiger partial charge in [0, 0.05) is 6.42 Å². The zero-order valence-corrected chi connectivity index (χ0v) is 9.38. The highest BCUT2D eigenvalue weighted by Crippen LogP contribution is 2.31. The highest BCUT2D eigenvalue weighted by molar-refractivity contribution is 5.14. The molecule has 0 spiro atoms. The van der Waals surface area contributed by atoms with Crippen LogP contribution in [0.2, 0.25) is 0 Å². The van der Waals surface area contributed by atoms with E-state index in [-0.39, 0.29) is 0 Å². The first-order valence-electron chi connectivity index (χ1n) is 5.39. The van der Waals surface area contributed by atoms with Crippen molar-refractivity contribution in [2.24, 2.45) is 11.8 Å². The number of hydrogen-bond acceptors (Lipinski definition) is 1. The molecule has 0 aromatic carbocycles. The lowest BCUT2D eigenvalue weighted by Crippen LogP contribution is -2.30. The first-order chi connectivity index (χ1) is 6.57. The van der Waals surface area contributed by atoms with E-state index in [1.807, 2.05) is 13.0 Å². The third-order valence-corrected chi connectivity index (χ3v) is 2.99. The molecule has 14 heavy (non-hydrogen) atoms. The second-order valence-electron chi connectivity index (χ2n) is 4.51. The summed E-state index contributed by atoms with van der Waals surface area (Å²) < 4.78 is 0. The second kappa shape index (κ2) is 4.66. The summed E-state index contributed by atoms with van der Waals surface area (Å²) >= 11 is 0. The number of hydrogen-bond donors (Lipinski definition) is 1. The Balaban J connectivity index is 2.60. The SMILES string of the molecule is CC#CCC1(O)C=CC(C(C)C)CC1. The molecule has 0 saturated heterocycles. The van der Waals surface area contributed by atoms with Crippen molar-refractivity contribution in [1.82, 2.24) is 0 Å². The lowest BCUT2D eigenvalue weighted by molar-refractivity contribution is 0.0705. The molecule has 0 bridgehead atoms. The van der Waals surface area contributed by atoms with Crippen LogP contribution >= 0.6 is 0 Å². The third-order valence-electron chi connectivity index (χ3n) is 2.99. The van der Waals surface area contributed by atoms with Gasteiger partial charge >= 0.3 is 0 Å². The molecule has 0 fully saturated rings. The summed E-state index contributed by atoms with van der Waals surface area (Å²) in [7, 11) is 0. The maximum absolute atomic E-state index is 10.1. The van der Waals surface area contributed by atoms with Gasteiger partial charge in [-0.3, -0.25) is 0 Å². The first kappa shape index (κ1) is 11.3. The van der Waals surface area contributed by atoms with Crippen molar-refractivity contribution in [2.45, 2.75) is 45.6 Å². The average molecular weight is 192 g/mol. The summed E-state index contributed by atoms with van der Waals surface area (Å²) in [5, 5.41) is 10.1. The Bertz CT molecular complexity index is 267. The predicted octanol–water partition coefficient (Wildman–Crippen LogP) is 2.75. The quantitative estimate of drug-likeness (QED) is 0.527. The van der Waals surface area contributed by atoms with Crippen LogP contribution in [0, 0.1) is 23.7 Å². The molecule has 0 heterocycles. The van der Waals surface area contributed by atoms with Crippen LogP contribution in [0.5, 0.6) is 0 Å². The van der Waals surface area contributed by atoms with Gasteiger partial charge in [-0.2, -0.15) is 0 Å². The van der Waals surface area contributed by atoms with Crippen molar-refractivity contribution in [1.29, 1.82) is 0 Å². The molecule has 1 aliphatic rings. The Labute approximate surface area is 87.2 Å². The number of allylic oxidation sites excluding steroid dienone is 1. The van der Waals surface area contributed by atoms with Crippen LogP contribution in [0.3, 0.4) is 0 Å². The Hall–Kier alpha value is -0.740. The molecule has 0 saturated carbocycles. The fourth-order valence-corrected chi connectivity index (χ4v) is 1.84. The minimum atomic E-state index is -0.658.